The van der Waals surface area contributed by atoms with E-state index < -0.39 is 0 Å². The summed E-state index contributed by atoms with van der Waals surface area (Å²) < 4.78 is 10.1. The van der Waals surface area contributed by atoms with Gasteiger partial charge in [0.05, 0.1) is 0 Å². The molecular formula is C7H5ClOS+. The van der Waals surface area contributed by atoms with Crippen molar-refractivity contribution in [1.29, 1.82) is 0 Å². The van der Waals surface area contributed by atoms with Crippen LogP contribution in [0.4, 0.5) is 0 Å². The van der Waals surface area contributed by atoms with Crippen molar-refractivity contribution in [2.45, 2.75) is 5.75 Å². The van der Waals surface area contributed by atoms with Crippen LogP contribution in [0.1, 0.15) is 5.56 Å². The Morgan fingerprint density at radius 3 is 3.10 bits per heavy atom. The van der Waals surface area contributed by atoms with Gasteiger partial charge in [-0.15, -0.1) is 0 Å². The molecule has 0 saturated heterocycles. The second kappa shape index (κ2) is 3.64. The minimum absolute atomic E-state index is 0.431. The first-order valence-electron chi connectivity index (χ1n) is 2.74. The fourth-order valence-corrected chi connectivity index (χ4v) is 1.12. The van der Waals surface area contributed by atoms with E-state index in [1.54, 1.807) is 18.2 Å². The second-order valence-corrected chi connectivity index (χ2v) is 2.76. The molecule has 0 saturated carbocycles. The first kappa shape index (κ1) is 7.63. The van der Waals surface area contributed by atoms with E-state index in [4.69, 9.17) is 11.6 Å². The lowest BCUT2D eigenvalue weighted by molar-refractivity contribution is 0.604. The van der Waals surface area contributed by atoms with E-state index in [1.165, 1.54) is 0 Å². The summed E-state index contributed by atoms with van der Waals surface area (Å²) in [6.45, 7) is 0. The molecule has 0 atom stereocenters. The van der Waals surface area contributed by atoms with Crippen molar-refractivity contribution in [1.82, 2.24) is 0 Å². The van der Waals surface area contributed by atoms with Gasteiger partial charge in [-0.1, -0.05) is 17.7 Å². The van der Waals surface area contributed by atoms with Gasteiger partial charge in [-0.3, -0.25) is 0 Å². The van der Waals surface area contributed by atoms with Gasteiger partial charge >= 0.3 is 11.7 Å². The Morgan fingerprint density at radius 1 is 1.70 bits per heavy atom. The molecule has 1 aromatic rings. The minimum atomic E-state index is 0.431. The molecule has 0 fully saturated rings. The summed E-state index contributed by atoms with van der Waals surface area (Å²) >= 11 is 6.17. The highest BCUT2D eigenvalue weighted by molar-refractivity contribution is 7.64. The molecule has 3 heteroatoms. The van der Waals surface area contributed by atoms with Gasteiger partial charge in [-0.25, -0.2) is 0 Å². The van der Waals surface area contributed by atoms with Crippen molar-refractivity contribution < 1.29 is 4.21 Å². The molecule has 0 N–H and O–H groups in total. The smallest absolute Gasteiger partial charge is 0.0843 e. The van der Waals surface area contributed by atoms with Gasteiger partial charge in [0.1, 0.15) is 0 Å². The van der Waals surface area contributed by atoms with Crippen LogP contribution in [0.3, 0.4) is 0 Å². The maximum atomic E-state index is 10.1. The summed E-state index contributed by atoms with van der Waals surface area (Å²) in [5.41, 5.74) is 0.854. The summed E-state index contributed by atoms with van der Waals surface area (Å²) in [7, 11) is 0. The highest BCUT2D eigenvalue weighted by Crippen LogP contribution is 2.09. The normalized spacial score (nSPS) is 9.30. The number of hydrogen-bond donors (Lipinski definition) is 0. The number of benzene rings is 1. The van der Waals surface area contributed by atoms with E-state index in [1.807, 2.05) is 0 Å². The van der Waals surface area contributed by atoms with Crippen LogP contribution in [0.5, 0.6) is 0 Å². The van der Waals surface area contributed by atoms with Crippen LogP contribution in [0.15, 0.2) is 18.2 Å². The predicted molar refractivity (Wildman–Crippen MR) is 42.0 cm³/mol. The van der Waals surface area contributed by atoms with E-state index in [-0.39, 0.29) is 0 Å². The van der Waals surface area contributed by atoms with E-state index in [0.29, 0.717) is 22.4 Å². The molecule has 0 aliphatic rings. The van der Waals surface area contributed by atoms with Crippen LogP contribution in [-0.4, -0.2) is 0 Å². The van der Waals surface area contributed by atoms with Gasteiger partial charge in [0.15, 0.2) is 0 Å². The quantitative estimate of drug-likeness (QED) is 0.625. The Balaban J connectivity index is 2.84. The van der Waals surface area contributed by atoms with Crippen molar-refractivity contribution in [2.24, 2.45) is 0 Å². The van der Waals surface area contributed by atoms with Crippen LogP contribution in [0, 0.1) is 6.07 Å². The summed E-state index contributed by atoms with van der Waals surface area (Å²) in [6, 6.07) is 8.10. The lowest BCUT2D eigenvalue weighted by Gasteiger charge is -1.87. The summed E-state index contributed by atoms with van der Waals surface area (Å²) in [6.07, 6.45) is 0. The third kappa shape index (κ3) is 2.05. The molecule has 0 aliphatic carbocycles. The second-order valence-electron chi connectivity index (χ2n) is 1.79. The molecule has 0 unspecified atom stereocenters. The fourth-order valence-electron chi connectivity index (χ4n) is 0.631. The Morgan fingerprint density at radius 2 is 2.50 bits per heavy atom. The summed E-state index contributed by atoms with van der Waals surface area (Å²) in [4.78, 5) is 0. The molecule has 0 spiro atoms. The lowest BCUT2D eigenvalue weighted by atomic mass is 10.2. The van der Waals surface area contributed by atoms with E-state index in [0.717, 1.165) is 5.56 Å². The van der Waals surface area contributed by atoms with Crippen molar-refractivity contribution >= 4 is 23.3 Å². The molecule has 0 aliphatic heterocycles. The first-order valence-corrected chi connectivity index (χ1v) is 4.02. The number of halogens is 1. The largest absolute Gasteiger partial charge is 0.463 e. The molecule has 10 heavy (non-hydrogen) atoms. The monoisotopic (exact) mass is 172 g/mol. The Kier molecular flexibility index (Phi) is 2.78. The van der Waals surface area contributed by atoms with Gasteiger partial charge in [-0.05, 0) is 18.2 Å². The standard InChI is InChI=1S/C7H5ClOS/c8-7-3-1-2-6(4-7)5-10-9/h1,3-4H,5H2/q+1. The zero-order valence-electron chi connectivity index (χ0n) is 5.13. The third-order valence-corrected chi connectivity index (χ3v) is 1.70. The van der Waals surface area contributed by atoms with Gasteiger partial charge in [0.25, 0.3) is 5.75 Å². The first-order chi connectivity index (χ1) is 4.83. The van der Waals surface area contributed by atoms with Crippen molar-refractivity contribution in [3.05, 3.63) is 34.9 Å². The SMILES string of the molecule is O=[S+]Cc1[c]ccc(Cl)c1. The molecule has 0 heterocycles. The predicted octanol–water partition coefficient (Wildman–Crippen LogP) is 2.07. The molecule has 0 amide bonds. The maximum Gasteiger partial charge on any atom is 0.463 e. The van der Waals surface area contributed by atoms with Crippen LogP contribution in [0.25, 0.3) is 0 Å². The van der Waals surface area contributed by atoms with Crippen molar-refractivity contribution in [3.63, 3.8) is 0 Å². The highest BCUT2D eigenvalue weighted by atomic mass is 35.5. The molecule has 0 aromatic heterocycles. The van der Waals surface area contributed by atoms with Gasteiger partial charge in [0, 0.05) is 14.8 Å². The van der Waals surface area contributed by atoms with Gasteiger partial charge < -0.3 is 0 Å². The number of rotatable bonds is 2. The van der Waals surface area contributed by atoms with Crippen LogP contribution in [-0.2, 0) is 21.6 Å². The average molecular weight is 173 g/mol. The lowest BCUT2D eigenvalue weighted by Crippen LogP contribution is -1.80. The highest BCUT2D eigenvalue weighted by Gasteiger charge is 2.01. The third-order valence-electron chi connectivity index (χ3n) is 1.04. The number of hydrogen-bond acceptors (Lipinski definition) is 1. The molecule has 1 rings (SSSR count). The molecular weight excluding hydrogens is 168 g/mol. The van der Waals surface area contributed by atoms with Crippen LogP contribution in [0.2, 0.25) is 5.02 Å². The molecule has 51 valence electrons. The Labute approximate surface area is 68.5 Å². The minimum Gasteiger partial charge on any atom is -0.0843 e. The molecule has 1 nitrogen and oxygen atoms in total. The van der Waals surface area contributed by atoms with Gasteiger partial charge in [-0.2, -0.15) is 0 Å². The zero-order chi connectivity index (χ0) is 7.40. The molecule has 1 radical (unpaired) electrons. The Hall–Kier alpha value is -0.470. The topological polar surface area (TPSA) is 17.1 Å². The summed E-state index contributed by atoms with van der Waals surface area (Å²) in [5.74, 6) is 0.431. The van der Waals surface area contributed by atoms with Crippen molar-refractivity contribution in [3.8, 4) is 0 Å². The zero-order valence-corrected chi connectivity index (χ0v) is 6.71. The van der Waals surface area contributed by atoms with Crippen LogP contribution >= 0.6 is 11.6 Å². The Bertz CT molecular complexity index is 237. The molecule has 0 bridgehead atoms. The fraction of sp³-hybridized carbons (Fsp3) is 0.143. The van der Waals surface area contributed by atoms with Crippen molar-refractivity contribution in [2.75, 3.05) is 0 Å². The van der Waals surface area contributed by atoms with E-state index >= 15 is 0 Å². The average Bonchev–Trinajstić information content (AvgIpc) is 1.88. The van der Waals surface area contributed by atoms with E-state index in [2.05, 4.69) is 6.07 Å². The van der Waals surface area contributed by atoms with Crippen LogP contribution < -0.4 is 0 Å². The van der Waals surface area contributed by atoms with E-state index in [9.17, 15) is 4.21 Å². The molecule has 1 aromatic carbocycles. The summed E-state index contributed by atoms with van der Waals surface area (Å²) in [5, 5.41) is 0.655. The maximum absolute atomic E-state index is 10.1. The van der Waals surface area contributed by atoms with Gasteiger partial charge in [0.2, 0.25) is 0 Å².